The van der Waals surface area contributed by atoms with Crippen molar-refractivity contribution >= 4 is 22.4 Å². The van der Waals surface area contributed by atoms with Crippen LogP contribution in [0.25, 0.3) is 10.8 Å². The van der Waals surface area contributed by atoms with Crippen LogP contribution < -0.4 is 15.8 Å². The normalized spacial score (nSPS) is 10.4. The summed E-state index contributed by atoms with van der Waals surface area (Å²) >= 11 is 0. The van der Waals surface area contributed by atoms with Crippen LogP contribution in [0.3, 0.4) is 0 Å². The van der Waals surface area contributed by atoms with E-state index in [2.05, 4.69) is 5.32 Å². The Morgan fingerprint density at radius 1 is 1.21 bits per heavy atom. The molecule has 2 aromatic carbocycles. The van der Waals surface area contributed by atoms with Gasteiger partial charge in [0.05, 0.1) is 6.61 Å². The van der Waals surface area contributed by atoms with Crippen LogP contribution in [-0.4, -0.2) is 19.6 Å². The molecule has 0 spiro atoms. The van der Waals surface area contributed by atoms with E-state index in [1.807, 2.05) is 36.4 Å². The lowest BCUT2D eigenvalue weighted by molar-refractivity contribution is -0.120. The van der Waals surface area contributed by atoms with Crippen LogP contribution in [0.2, 0.25) is 0 Å². The van der Waals surface area contributed by atoms with Crippen molar-refractivity contribution in [2.24, 2.45) is 0 Å². The molecule has 0 aliphatic carbocycles. The summed E-state index contributed by atoms with van der Waals surface area (Å²) in [5, 5.41) is 4.58. The summed E-state index contributed by atoms with van der Waals surface area (Å²) < 4.78 is 5.73. The van der Waals surface area contributed by atoms with Gasteiger partial charge in [-0.3, -0.25) is 4.79 Å². The first-order valence-electron chi connectivity index (χ1n) is 6.33. The largest absolute Gasteiger partial charge is 0.493 e. The molecule has 19 heavy (non-hydrogen) atoms. The molecule has 0 bridgehead atoms. The Morgan fingerprint density at radius 3 is 2.68 bits per heavy atom. The van der Waals surface area contributed by atoms with Crippen LogP contribution in [0, 0.1) is 0 Å². The van der Waals surface area contributed by atoms with Gasteiger partial charge in [-0.2, -0.15) is 0 Å². The number of hydrogen-bond acceptors (Lipinski definition) is 3. The van der Waals surface area contributed by atoms with Gasteiger partial charge in [-0.15, -0.1) is 0 Å². The fourth-order valence-electron chi connectivity index (χ4n) is 1.96. The number of nitrogen functional groups attached to an aromatic ring is 1. The molecule has 0 heterocycles. The molecule has 1 amide bonds. The second-order valence-electron chi connectivity index (χ2n) is 4.32. The number of benzene rings is 2. The second-order valence-corrected chi connectivity index (χ2v) is 4.32. The minimum absolute atomic E-state index is 0.0331. The zero-order valence-corrected chi connectivity index (χ0v) is 11.0. The van der Waals surface area contributed by atoms with Crippen LogP contribution in [-0.2, 0) is 4.79 Å². The Bertz CT molecular complexity index is 581. The van der Waals surface area contributed by atoms with Gasteiger partial charge in [-0.05, 0) is 18.6 Å². The minimum atomic E-state index is 0.0331. The number of nitrogens with one attached hydrogen (secondary N) is 1. The molecule has 4 nitrogen and oxygen atoms in total. The molecule has 2 aromatic rings. The Hall–Kier alpha value is -2.23. The number of carbonyl (C=O) groups excluding carboxylic acids is 1. The maximum Gasteiger partial charge on any atom is 0.219 e. The predicted octanol–water partition coefficient (Wildman–Crippen LogP) is 2.33. The van der Waals surface area contributed by atoms with Gasteiger partial charge >= 0.3 is 0 Å². The van der Waals surface area contributed by atoms with E-state index in [4.69, 9.17) is 10.5 Å². The molecule has 0 radical (unpaired) electrons. The maximum atomic E-state index is 11.1. The van der Waals surface area contributed by atoms with Crippen LogP contribution in [0.4, 0.5) is 5.69 Å². The highest BCUT2D eigenvalue weighted by molar-refractivity contribution is 5.96. The summed E-state index contributed by atoms with van der Waals surface area (Å²) in [6.45, 7) is 0.515. The van der Waals surface area contributed by atoms with E-state index in [1.165, 1.54) is 0 Å². The topological polar surface area (TPSA) is 64.3 Å². The van der Waals surface area contributed by atoms with E-state index in [0.717, 1.165) is 22.2 Å². The molecule has 2 rings (SSSR count). The van der Waals surface area contributed by atoms with Crippen molar-refractivity contribution in [3.8, 4) is 5.75 Å². The molecule has 0 fully saturated rings. The summed E-state index contributed by atoms with van der Waals surface area (Å²) in [7, 11) is 1.64. The molecule has 0 unspecified atom stereocenters. The second kappa shape index (κ2) is 6.09. The first kappa shape index (κ1) is 13.2. The zero-order valence-electron chi connectivity index (χ0n) is 11.0. The average Bonchev–Trinajstić information content (AvgIpc) is 2.45. The van der Waals surface area contributed by atoms with Crippen LogP contribution in [0.1, 0.15) is 12.8 Å². The summed E-state index contributed by atoms with van der Waals surface area (Å²) in [5.41, 5.74) is 6.67. The van der Waals surface area contributed by atoms with Gasteiger partial charge in [0.15, 0.2) is 0 Å². The third-order valence-electron chi connectivity index (χ3n) is 3.00. The molecule has 4 heteroatoms. The molecule has 0 atom stereocenters. The van der Waals surface area contributed by atoms with Crippen molar-refractivity contribution in [3.05, 3.63) is 36.4 Å². The summed E-state index contributed by atoms with van der Waals surface area (Å²) in [6.07, 6.45) is 1.17. The van der Waals surface area contributed by atoms with E-state index in [-0.39, 0.29) is 5.91 Å². The molecular formula is C15H18N2O2. The Kier molecular flexibility index (Phi) is 4.23. The van der Waals surface area contributed by atoms with Crippen LogP contribution >= 0.6 is 0 Å². The van der Waals surface area contributed by atoms with E-state index in [1.54, 1.807) is 7.05 Å². The lowest BCUT2D eigenvalue weighted by Crippen LogP contribution is -2.18. The number of ether oxygens (including phenoxy) is 1. The SMILES string of the molecule is CNC(=O)CCCOc1ccc(N)c2ccccc12. The van der Waals surface area contributed by atoms with E-state index >= 15 is 0 Å². The van der Waals surface area contributed by atoms with Gasteiger partial charge in [-0.25, -0.2) is 0 Å². The fraction of sp³-hybridized carbons (Fsp3) is 0.267. The lowest BCUT2D eigenvalue weighted by Gasteiger charge is -2.10. The predicted molar refractivity (Wildman–Crippen MR) is 77.2 cm³/mol. The van der Waals surface area contributed by atoms with Crippen molar-refractivity contribution in [3.63, 3.8) is 0 Å². The zero-order chi connectivity index (χ0) is 13.7. The van der Waals surface area contributed by atoms with E-state index < -0.39 is 0 Å². The monoisotopic (exact) mass is 258 g/mol. The quantitative estimate of drug-likeness (QED) is 0.639. The standard InChI is InChI=1S/C15H18N2O2/c1-17-15(18)7-4-10-19-14-9-8-13(16)11-5-2-3-6-12(11)14/h2-3,5-6,8-9H,4,7,10,16H2,1H3,(H,17,18). The van der Waals surface area contributed by atoms with Gasteiger partial charge in [0.25, 0.3) is 0 Å². The van der Waals surface area contributed by atoms with Gasteiger partial charge in [0, 0.05) is 29.9 Å². The van der Waals surface area contributed by atoms with Gasteiger partial charge in [0.1, 0.15) is 5.75 Å². The molecule has 0 aliphatic rings. The average molecular weight is 258 g/mol. The molecule has 3 N–H and O–H groups in total. The molecule has 0 saturated carbocycles. The molecule has 0 aromatic heterocycles. The van der Waals surface area contributed by atoms with Gasteiger partial charge < -0.3 is 15.8 Å². The van der Waals surface area contributed by atoms with E-state index in [9.17, 15) is 4.79 Å². The highest BCUT2D eigenvalue weighted by Gasteiger charge is 2.05. The summed E-state index contributed by atoms with van der Waals surface area (Å²) in [4.78, 5) is 11.1. The fourth-order valence-corrected chi connectivity index (χ4v) is 1.96. The van der Waals surface area contributed by atoms with Crippen molar-refractivity contribution in [1.29, 1.82) is 0 Å². The van der Waals surface area contributed by atoms with Gasteiger partial charge in [-0.1, -0.05) is 24.3 Å². The van der Waals surface area contributed by atoms with Crippen LogP contribution in [0.5, 0.6) is 5.75 Å². The van der Waals surface area contributed by atoms with Crippen molar-refractivity contribution in [2.75, 3.05) is 19.4 Å². The highest BCUT2D eigenvalue weighted by Crippen LogP contribution is 2.29. The molecular weight excluding hydrogens is 240 g/mol. The third kappa shape index (κ3) is 3.16. The van der Waals surface area contributed by atoms with E-state index in [0.29, 0.717) is 19.4 Å². The van der Waals surface area contributed by atoms with Crippen molar-refractivity contribution < 1.29 is 9.53 Å². The first-order valence-corrected chi connectivity index (χ1v) is 6.33. The Labute approximate surface area is 112 Å². The highest BCUT2D eigenvalue weighted by atomic mass is 16.5. The maximum absolute atomic E-state index is 11.1. The number of rotatable bonds is 5. The number of nitrogens with two attached hydrogens (primary N) is 1. The Morgan fingerprint density at radius 2 is 1.95 bits per heavy atom. The number of amides is 1. The number of carbonyl (C=O) groups is 1. The smallest absolute Gasteiger partial charge is 0.219 e. The van der Waals surface area contributed by atoms with Crippen molar-refractivity contribution in [2.45, 2.75) is 12.8 Å². The number of hydrogen-bond donors (Lipinski definition) is 2. The summed E-state index contributed by atoms with van der Waals surface area (Å²) in [6, 6.07) is 11.6. The summed E-state index contributed by atoms with van der Waals surface area (Å²) in [5.74, 6) is 0.840. The third-order valence-corrected chi connectivity index (χ3v) is 3.00. The van der Waals surface area contributed by atoms with Gasteiger partial charge in [0.2, 0.25) is 5.91 Å². The van der Waals surface area contributed by atoms with Crippen molar-refractivity contribution in [1.82, 2.24) is 5.32 Å². The lowest BCUT2D eigenvalue weighted by atomic mass is 10.1. The molecule has 0 aliphatic heterocycles. The molecule has 100 valence electrons. The molecule has 0 saturated heterocycles. The number of fused-ring (bicyclic) bond motifs is 1. The minimum Gasteiger partial charge on any atom is -0.493 e. The van der Waals surface area contributed by atoms with Crippen LogP contribution in [0.15, 0.2) is 36.4 Å². The Balaban J connectivity index is 2.05. The number of anilines is 1. The first-order chi connectivity index (χ1) is 9.22.